The molecule has 0 amide bonds. The van der Waals surface area contributed by atoms with Gasteiger partial charge in [0.2, 0.25) is 0 Å². The molecule has 76 valence electrons. The fourth-order valence-corrected chi connectivity index (χ4v) is 2.90. The van der Waals surface area contributed by atoms with Gasteiger partial charge in [-0.25, -0.2) is 0 Å². The number of allylic oxidation sites excluding steroid dienone is 2. The predicted octanol–water partition coefficient (Wildman–Crippen LogP) is 4.42. The summed E-state index contributed by atoms with van der Waals surface area (Å²) < 4.78 is 0. The van der Waals surface area contributed by atoms with Crippen LogP contribution in [0, 0.1) is 17.3 Å². The molecule has 0 aliphatic heterocycles. The smallest absolute Gasteiger partial charge is 0.0231 e. The van der Waals surface area contributed by atoms with Crippen LogP contribution in [0.15, 0.2) is 12.2 Å². The molecule has 0 aromatic heterocycles. The van der Waals surface area contributed by atoms with Crippen LogP contribution in [0.2, 0.25) is 0 Å². The second-order valence-electron chi connectivity index (χ2n) is 4.75. The van der Waals surface area contributed by atoms with Crippen LogP contribution >= 0.6 is 0 Å². The van der Waals surface area contributed by atoms with Gasteiger partial charge in [-0.1, -0.05) is 46.3 Å². The van der Waals surface area contributed by atoms with Gasteiger partial charge in [0, 0.05) is 0 Å². The second-order valence-corrected chi connectivity index (χ2v) is 4.75. The first kappa shape index (κ1) is 10.8. The zero-order chi connectivity index (χ0) is 9.90. The van der Waals surface area contributed by atoms with Crippen molar-refractivity contribution in [1.29, 1.82) is 0 Å². The monoisotopic (exact) mass is 180 g/mol. The summed E-state index contributed by atoms with van der Waals surface area (Å²) in [5.41, 5.74) is 0.614. The summed E-state index contributed by atoms with van der Waals surface area (Å²) in [6.45, 7) is 9.47. The van der Waals surface area contributed by atoms with Crippen LogP contribution in [0.3, 0.4) is 0 Å². The van der Waals surface area contributed by atoms with Crippen molar-refractivity contribution in [3.63, 3.8) is 0 Å². The lowest BCUT2D eigenvalue weighted by Crippen LogP contribution is -2.33. The van der Waals surface area contributed by atoms with Crippen molar-refractivity contribution >= 4 is 0 Å². The highest BCUT2D eigenvalue weighted by atomic mass is 14.4. The van der Waals surface area contributed by atoms with E-state index in [0.29, 0.717) is 5.41 Å². The number of rotatable bonds is 3. The first-order valence-electron chi connectivity index (χ1n) is 5.83. The maximum Gasteiger partial charge on any atom is -0.0231 e. The average Bonchev–Trinajstić information content (AvgIpc) is 2.13. The Morgan fingerprint density at radius 1 is 1.31 bits per heavy atom. The third kappa shape index (κ3) is 1.98. The molecule has 0 N–H and O–H groups in total. The van der Waals surface area contributed by atoms with Crippen LogP contribution < -0.4 is 0 Å². The van der Waals surface area contributed by atoms with Crippen LogP contribution in [0.5, 0.6) is 0 Å². The highest BCUT2D eigenvalue weighted by Gasteiger charge is 2.36. The van der Waals surface area contributed by atoms with E-state index in [1.807, 2.05) is 0 Å². The molecule has 0 fully saturated rings. The van der Waals surface area contributed by atoms with Crippen LogP contribution in [-0.2, 0) is 0 Å². The van der Waals surface area contributed by atoms with Crippen molar-refractivity contribution in [2.75, 3.05) is 0 Å². The van der Waals surface area contributed by atoms with Crippen molar-refractivity contribution in [3.8, 4) is 0 Å². The molecule has 0 saturated carbocycles. The minimum absolute atomic E-state index is 0.614. The Balaban J connectivity index is 2.79. The number of hydrogen-bond acceptors (Lipinski definition) is 0. The Labute approximate surface area is 83.4 Å². The Kier molecular flexibility index (Phi) is 3.58. The van der Waals surface area contributed by atoms with Crippen LogP contribution in [0.4, 0.5) is 0 Å². The zero-order valence-electron chi connectivity index (χ0n) is 9.64. The van der Waals surface area contributed by atoms with Gasteiger partial charge in [0.15, 0.2) is 0 Å². The molecule has 0 aromatic rings. The summed E-state index contributed by atoms with van der Waals surface area (Å²) >= 11 is 0. The van der Waals surface area contributed by atoms with E-state index in [9.17, 15) is 0 Å². The van der Waals surface area contributed by atoms with E-state index in [4.69, 9.17) is 0 Å². The van der Waals surface area contributed by atoms with Crippen LogP contribution in [-0.4, -0.2) is 0 Å². The average molecular weight is 180 g/mol. The third-order valence-electron chi connectivity index (χ3n) is 4.17. The van der Waals surface area contributed by atoms with Gasteiger partial charge >= 0.3 is 0 Å². The Morgan fingerprint density at radius 3 is 2.54 bits per heavy atom. The van der Waals surface area contributed by atoms with Gasteiger partial charge in [-0.15, -0.1) is 0 Å². The molecule has 0 nitrogen and oxygen atoms in total. The Morgan fingerprint density at radius 2 is 2.00 bits per heavy atom. The highest BCUT2D eigenvalue weighted by molar-refractivity contribution is 5.03. The molecule has 1 aliphatic rings. The molecular weight excluding hydrogens is 156 g/mol. The molecule has 0 saturated heterocycles. The van der Waals surface area contributed by atoms with E-state index in [-0.39, 0.29) is 0 Å². The van der Waals surface area contributed by atoms with E-state index < -0.39 is 0 Å². The zero-order valence-corrected chi connectivity index (χ0v) is 9.64. The Bertz CT molecular complexity index is 180. The maximum atomic E-state index is 2.44. The van der Waals surface area contributed by atoms with Crippen molar-refractivity contribution in [2.24, 2.45) is 17.3 Å². The maximum absolute atomic E-state index is 2.44. The van der Waals surface area contributed by atoms with Gasteiger partial charge < -0.3 is 0 Å². The van der Waals surface area contributed by atoms with Crippen molar-refractivity contribution in [1.82, 2.24) is 0 Å². The lowest BCUT2D eigenvalue weighted by molar-refractivity contribution is 0.110. The van der Waals surface area contributed by atoms with E-state index >= 15 is 0 Å². The lowest BCUT2D eigenvalue weighted by Gasteiger charge is -2.43. The van der Waals surface area contributed by atoms with Crippen LogP contribution in [0.1, 0.15) is 53.4 Å². The first-order valence-corrected chi connectivity index (χ1v) is 5.83. The molecule has 1 rings (SSSR count). The van der Waals surface area contributed by atoms with Gasteiger partial charge in [0.05, 0.1) is 0 Å². The lowest BCUT2D eigenvalue weighted by atomic mass is 9.62. The van der Waals surface area contributed by atoms with Crippen molar-refractivity contribution in [3.05, 3.63) is 12.2 Å². The van der Waals surface area contributed by atoms with Gasteiger partial charge in [0.1, 0.15) is 0 Å². The molecule has 3 atom stereocenters. The van der Waals surface area contributed by atoms with E-state index in [2.05, 4.69) is 39.8 Å². The largest absolute Gasteiger partial charge is 0.0877 e. The first-order chi connectivity index (χ1) is 6.16. The molecule has 3 unspecified atom stereocenters. The van der Waals surface area contributed by atoms with Gasteiger partial charge in [-0.2, -0.15) is 0 Å². The topological polar surface area (TPSA) is 0 Å². The molecule has 0 heteroatoms. The molecule has 0 heterocycles. The minimum Gasteiger partial charge on any atom is -0.0877 e. The van der Waals surface area contributed by atoms with E-state index in [1.54, 1.807) is 0 Å². The molecule has 0 spiro atoms. The van der Waals surface area contributed by atoms with Gasteiger partial charge in [-0.05, 0) is 36.5 Å². The van der Waals surface area contributed by atoms with Crippen molar-refractivity contribution in [2.45, 2.75) is 53.4 Å². The molecule has 13 heavy (non-hydrogen) atoms. The van der Waals surface area contributed by atoms with E-state index in [0.717, 1.165) is 11.8 Å². The summed E-state index contributed by atoms with van der Waals surface area (Å²) in [5, 5.41) is 0. The molecule has 0 radical (unpaired) electrons. The normalized spacial score (nSPS) is 39.4. The third-order valence-corrected chi connectivity index (χ3v) is 4.17. The highest BCUT2D eigenvalue weighted by Crippen LogP contribution is 2.46. The second kappa shape index (κ2) is 4.30. The summed E-state index contributed by atoms with van der Waals surface area (Å²) in [5.74, 6) is 1.64. The van der Waals surface area contributed by atoms with E-state index in [1.165, 1.54) is 25.7 Å². The summed E-state index contributed by atoms with van der Waals surface area (Å²) in [6.07, 6.45) is 10.2. The summed E-state index contributed by atoms with van der Waals surface area (Å²) in [6, 6.07) is 0. The van der Waals surface area contributed by atoms with Gasteiger partial charge in [0.25, 0.3) is 0 Å². The quantitative estimate of drug-likeness (QED) is 0.564. The minimum atomic E-state index is 0.614. The SMILES string of the molecule is CCCC1(CC)CC=CC(C)C1C. The summed E-state index contributed by atoms with van der Waals surface area (Å²) in [4.78, 5) is 0. The van der Waals surface area contributed by atoms with Crippen molar-refractivity contribution < 1.29 is 0 Å². The fourth-order valence-electron chi connectivity index (χ4n) is 2.90. The van der Waals surface area contributed by atoms with Gasteiger partial charge in [-0.3, -0.25) is 0 Å². The fraction of sp³-hybridized carbons (Fsp3) is 0.846. The van der Waals surface area contributed by atoms with Crippen LogP contribution in [0.25, 0.3) is 0 Å². The Hall–Kier alpha value is -0.260. The molecular formula is C13H24. The standard InChI is InChI=1S/C13H24/c1-5-9-13(6-2)10-7-8-11(3)12(13)4/h7-8,11-12H,5-6,9-10H2,1-4H3. The summed E-state index contributed by atoms with van der Waals surface area (Å²) in [7, 11) is 0. The molecule has 0 aromatic carbocycles. The molecule has 0 bridgehead atoms. The predicted molar refractivity (Wildman–Crippen MR) is 59.7 cm³/mol. The molecule has 1 aliphatic carbocycles. The number of hydrogen-bond donors (Lipinski definition) is 0.